The molecule has 1 aromatic carbocycles. The van der Waals surface area contributed by atoms with Crippen molar-refractivity contribution >= 4 is 23.4 Å². The van der Waals surface area contributed by atoms with Crippen LogP contribution in [0.15, 0.2) is 29.2 Å². The molecule has 7 heteroatoms. The number of thioether (sulfide) groups is 1. The fourth-order valence-corrected chi connectivity index (χ4v) is 2.05. The molecule has 92 valence electrons. The number of methoxy groups -OCH3 is 2. The maximum Gasteiger partial charge on any atom is 0.345 e. The van der Waals surface area contributed by atoms with E-state index in [2.05, 4.69) is 4.74 Å². The van der Waals surface area contributed by atoms with Gasteiger partial charge in [-0.15, -0.1) is 0 Å². The van der Waals surface area contributed by atoms with Crippen molar-refractivity contribution < 1.29 is 19.2 Å². The van der Waals surface area contributed by atoms with Crippen LogP contribution in [0.1, 0.15) is 0 Å². The number of benzene rings is 1. The van der Waals surface area contributed by atoms with Crippen molar-refractivity contribution in [3.63, 3.8) is 0 Å². The Kier molecular flexibility index (Phi) is 4.92. The fraction of sp³-hybridized carbons (Fsp3) is 0.300. The lowest BCUT2D eigenvalue weighted by molar-refractivity contribution is -0.387. The molecule has 1 aromatic rings. The molecule has 0 heterocycles. The molecule has 0 aliphatic carbocycles. The molecule has 0 fully saturated rings. The summed E-state index contributed by atoms with van der Waals surface area (Å²) < 4.78 is 9.43. The number of carbonyl (C=O) groups is 1. The van der Waals surface area contributed by atoms with Gasteiger partial charge in [-0.2, -0.15) is 0 Å². The summed E-state index contributed by atoms with van der Waals surface area (Å²) in [5, 5.41) is 10.8. The molecule has 1 atom stereocenters. The molecule has 0 aliphatic rings. The van der Waals surface area contributed by atoms with Gasteiger partial charge in [0.05, 0.1) is 16.9 Å². The Hall–Kier alpha value is -1.60. The number of rotatable bonds is 5. The Morgan fingerprint density at radius 1 is 1.41 bits per heavy atom. The van der Waals surface area contributed by atoms with Gasteiger partial charge in [0.25, 0.3) is 5.69 Å². The monoisotopic (exact) mass is 257 g/mol. The summed E-state index contributed by atoms with van der Waals surface area (Å²) in [6, 6.07) is 6.13. The maximum absolute atomic E-state index is 11.3. The van der Waals surface area contributed by atoms with Crippen molar-refractivity contribution in [3.05, 3.63) is 34.4 Å². The first-order valence-electron chi connectivity index (χ1n) is 4.61. The Labute approximate surface area is 102 Å². The summed E-state index contributed by atoms with van der Waals surface area (Å²) in [4.78, 5) is 21.9. The second kappa shape index (κ2) is 6.21. The molecule has 0 radical (unpaired) electrons. The van der Waals surface area contributed by atoms with E-state index >= 15 is 0 Å². The Balaban J connectivity index is 2.93. The number of nitrogens with zero attached hydrogens (tertiary/aromatic N) is 1. The lowest BCUT2D eigenvalue weighted by Crippen LogP contribution is -2.20. The molecule has 0 aliphatic heterocycles. The van der Waals surface area contributed by atoms with E-state index in [1.807, 2.05) is 0 Å². The molecule has 0 amide bonds. The van der Waals surface area contributed by atoms with Gasteiger partial charge in [0.1, 0.15) is 0 Å². The minimum Gasteiger partial charge on any atom is -0.466 e. The van der Waals surface area contributed by atoms with E-state index in [1.165, 1.54) is 20.3 Å². The number of carbonyl (C=O) groups excluding carboxylic acids is 1. The molecule has 0 spiro atoms. The number of nitro groups is 1. The van der Waals surface area contributed by atoms with Crippen LogP contribution < -0.4 is 0 Å². The molecule has 6 nitrogen and oxygen atoms in total. The van der Waals surface area contributed by atoms with Crippen molar-refractivity contribution in [2.24, 2.45) is 0 Å². The van der Waals surface area contributed by atoms with Crippen LogP contribution in [0.5, 0.6) is 0 Å². The minimum atomic E-state index is -0.916. The molecule has 0 saturated heterocycles. The van der Waals surface area contributed by atoms with E-state index in [4.69, 9.17) is 4.74 Å². The summed E-state index contributed by atoms with van der Waals surface area (Å²) >= 11 is 0.938. The number of hydrogen-bond donors (Lipinski definition) is 0. The first-order valence-corrected chi connectivity index (χ1v) is 5.48. The third-order valence-electron chi connectivity index (χ3n) is 1.90. The summed E-state index contributed by atoms with van der Waals surface area (Å²) in [6.07, 6.45) is 0. The van der Waals surface area contributed by atoms with Crippen molar-refractivity contribution in [1.82, 2.24) is 0 Å². The molecular weight excluding hydrogens is 246 g/mol. The van der Waals surface area contributed by atoms with Crippen LogP contribution in [0.3, 0.4) is 0 Å². The van der Waals surface area contributed by atoms with Crippen LogP contribution in [0, 0.1) is 10.1 Å². The lowest BCUT2D eigenvalue weighted by atomic mass is 10.3. The normalized spacial score (nSPS) is 11.9. The third-order valence-corrected chi connectivity index (χ3v) is 3.10. The summed E-state index contributed by atoms with van der Waals surface area (Å²) in [6.45, 7) is 0. The lowest BCUT2D eigenvalue weighted by Gasteiger charge is -2.11. The molecule has 0 aromatic heterocycles. The summed E-state index contributed by atoms with van der Waals surface area (Å²) in [5.74, 6) is -0.587. The topological polar surface area (TPSA) is 78.7 Å². The average Bonchev–Trinajstić information content (AvgIpc) is 2.35. The quantitative estimate of drug-likeness (QED) is 0.263. The number of esters is 1. The van der Waals surface area contributed by atoms with Gasteiger partial charge in [-0.25, -0.2) is 4.79 Å². The number of ether oxygens (including phenoxy) is 2. The standard InChI is InChI=1S/C10H11NO5S/c1-15-9(12)10(16-2)17-8-6-4-3-5-7(8)11(13)14/h3-6,10H,1-2H3. The van der Waals surface area contributed by atoms with E-state index in [0.29, 0.717) is 4.90 Å². The van der Waals surface area contributed by atoms with Gasteiger partial charge < -0.3 is 9.47 Å². The van der Waals surface area contributed by atoms with Crippen LogP contribution in [0.25, 0.3) is 0 Å². The molecule has 1 rings (SSSR count). The Bertz CT molecular complexity index is 423. The molecule has 17 heavy (non-hydrogen) atoms. The fourth-order valence-electron chi connectivity index (χ4n) is 1.11. The predicted molar refractivity (Wildman–Crippen MR) is 61.8 cm³/mol. The van der Waals surface area contributed by atoms with Gasteiger partial charge in [-0.1, -0.05) is 23.9 Å². The van der Waals surface area contributed by atoms with Crippen LogP contribution in [-0.4, -0.2) is 30.5 Å². The second-order valence-corrected chi connectivity index (χ2v) is 4.04. The van der Waals surface area contributed by atoms with Crippen LogP contribution in [-0.2, 0) is 14.3 Å². The van der Waals surface area contributed by atoms with Gasteiger partial charge in [-0.3, -0.25) is 10.1 Å². The van der Waals surface area contributed by atoms with Crippen LogP contribution >= 0.6 is 11.8 Å². The van der Waals surface area contributed by atoms with E-state index in [9.17, 15) is 14.9 Å². The van der Waals surface area contributed by atoms with E-state index in [-0.39, 0.29) is 5.69 Å². The van der Waals surface area contributed by atoms with Crippen molar-refractivity contribution in [2.45, 2.75) is 10.3 Å². The zero-order chi connectivity index (χ0) is 12.8. The highest BCUT2D eigenvalue weighted by Crippen LogP contribution is 2.32. The van der Waals surface area contributed by atoms with Gasteiger partial charge in [0.15, 0.2) is 0 Å². The van der Waals surface area contributed by atoms with Crippen LogP contribution in [0.4, 0.5) is 5.69 Å². The second-order valence-electron chi connectivity index (χ2n) is 2.93. The molecule has 0 N–H and O–H groups in total. The first-order chi connectivity index (χ1) is 8.10. The molecular formula is C10H11NO5S. The van der Waals surface area contributed by atoms with Gasteiger partial charge in [-0.05, 0) is 6.07 Å². The highest BCUT2D eigenvalue weighted by atomic mass is 32.2. The van der Waals surface area contributed by atoms with Gasteiger partial charge in [0.2, 0.25) is 5.44 Å². The Morgan fingerprint density at radius 2 is 2.06 bits per heavy atom. The molecule has 0 saturated carbocycles. The highest BCUT2D eigenvalue weighted by Gasteiger charge is 2.24. The zero-order valence-electron chi connectivity index (χ0n) is 9.28. The van der Waals surface area contributed by atoms with Crippen molar-refractivity contribution in [3.8, 4) is 0 Å². The molecule has 1 unspecified atom stereocenters. The summed E-state index contributed by atoms with van der Waals surface area (Å²) in [7, 11) is 2.57. The Morgan fingerprint density at radius 3 is 2.59 bits per heavy atom. The van der Waals surface area contributed by atoms with Crippen molar-refractivity contribution in [2.75, 3.05) is 14.2 Å². The minimum absolute atomic E-state index is 0.0662. The van der Waals surface area contributed by atoms with Crippen molar-refractivity contribution in [1.29, 1.82) is 0 Å². The van der Waals surface area contributed by atoms with E-state index < -0.39 is 16.3 Å². The first kappa shape index (κ1) is 13.5. The summed E-state index contributed by atoms with van der Waals surface area (Å²) in [5.41, 5.74) is -0.982. The zero-order valence-corrected chi connectivity index (χ0v) is 10.1. The largest absolute Gasteiger partial charge is 0.466 e. The smallest absolute Gasteiger partial charge is 0.345 e. The number of para-hydroxylation sites is 1. The van der Waals surface area contributed by atoms with Gasteiger partial charge >= 0.3 is 5.97 Å². The predicted octanol–water partition coefficient (Wildman–Crippen LogP) is 1.83. The van der Waals surface area contributed by atoms with Gasteiger partial charge in [0, 0.05) is 13.2 Å². The van der Waals surface area contributed by atoms with E-state index in [0.717, 1.165) is 11.8 Å². The SMILES string of the molecule is COC(=O)C(OC)Sc1ccccc1[N+](=O)[O-]. The number of hydrogen-bond acceptors (Lipinski definition) is 6. The number of nitro benzene ring substituents is 1. The average molecular weight is 257 g/mol. The van der Waals surface area contributed by atoms with E-state index in [1.54, 1.807) is 18.2 Å². The third kappa shape index (κ3) is 3.43. The highest BCUT2D eigenvalue weighted by molar-refractivity contribution is 8.00. The maximum atomic E-state index is 11.3. The molecule has 0 bridgehead atoms. The van der Waals surface area contributed by atoms with Crippen LogP contribution in [0.2, 0.25) is 0 Å².